The number of esters is 1. The molecule has 1 rings (SSSR count). The van der Waals surface area contributed by atoms with Gasteiger partial charge in [0.15, 0.2) is 0 Å². The molecule has 0 unspecified atom stereocenters. The van der Waals surface area contributed by atoms with Crippen molar-refractivity contribution in [1.82, 2.24) is 5.32 Å². The molecule has 18 heavy (non-hydrogen) atoms. The summed E-state index contributed by atoms with van der Waals surface area (Å²) in [5.74, 6) is -0.735. The molecule has 0 atom stereocenters. The zero-order chi connectivity index (χ0) is 13.4. The lowest BCUT2D eigenvalue weighted by molar-refractivity contribution is -0.144. The minimum absolute atomic E-state index is 0.116. The van der Waals surface area contributed by atoms with Crippen molar-refractivity contribution in [2.45, 2.75) is 20.5 Å². The van der Waals surface area contributed by atoms with E-state index in [2.05, 4.69) is 5.32 Å². The molecule has 96 valence electrons. The molecule has 0 spiro atoms. The Labute approximate surface area is 107 Å². The topological polar surface area (TPSA) is 55.4 Å². The zero-order valence-electron chi connectivity index (χ0n) is 10.6. The second-order valence-corrected chi connectivity index (χ2v) is 4.09. The Morgan fingerprint density at radius 1 is 1.22 bits per heavy atom. The average Bonchev–Trinajstić information content (AvgIpc) is 2.34. The quantitative estimate of drug-likeness (QED) is 0.637. The van der Waals surface area contributed by atoms with E-state index < -0.39 is 5.97 Å². The SMILES string of the molecule is CC(C)=CC(=O)NCC(=O)OCc1ccccc1. The second kappa shape index (κ2) is 7.27. The van der Waals surface area contributed by atoms with Crippen LogP contribution in [-0.4, -0.2) is 18.4 Å². The van der Waals surface area contributed by atoms with E-state index in [9.17, 15) is 9.59 Å². The van der Waals surface area contributed by atoms with E-state index >= 15 is 0 Å². The van der Waals surface area contributed by atoms with Gasteiger partial charge in [-0.05, 0) is 19.4 Å². The number of carbonyl (C=O) groups is 2. The lowest BCUT2D eigenvalue weighted by atomic mass is 10.2. The first-order valence-electron chi connectivity index (χ1n) is 5.70. The number of ether oxygens (including phenoxy) is 1. The number of benzene rings is 1. The third kappa shape index (κ3) is 5.84. The Bertz CT molecular complexity index is 434. The molecule has 0 heterocycles. The number of rotatable bonds is 5. The normalized spacial score (nSPS) is 9.44. The first kappa shape index (κ1) is 14.0. The van der Waals surface area contributed by atoms with Crippen molar-refractivity contribution in [1.29, 1.82) is 0 Å². The number of allylic oxidation sites excluding steroid dienone is 1. The van der Waals surface area contributed by atoms with Gasteiger partial charge in [0, 0.05) is 6.08 Å². The Morgan fingerprint density at radius 3 is 2.50 bits per heavy atom. The fourth-order valence-corrected chi connectivity index (χ4v) is 1.26. The lowest BCUT2D eigenvalue weighted by Gasteiger charge is -2.05. The molecule has 4 heteroatoms. The molecule has 1 amide bonds. The van der Waals surface area contributed by atoms with Gasteiger partial charge in [-0.15, -0.1) is 0 Å². The number of hydrogen-bond acceptors (Lipinski definition) is 3. The molecule has 4 nitrogen and oxygen atoms in total. The molecule has 0 radical (unpaired) electrons. The summed E-state index contributed by atoms with van der Waals surface area (Å²) in [6.45, 7) is 3.73. The lowest BCUT2D eigenvalue weighted by Crippen LogP contribution is -2.29. The Balaban J connectivity index is 2.26. The third-order valence-electron chi connectivity index (χ3n) is 2.07. The van der Waals surface area contributed by atoms with Crippen LogP contribution in [0.4, 0.5) is 0 Å². The van der Waals surface area contributed by atoms with Gasteiger partial charge < -0.3 is 10.1 Å². The summed E-state index contributed by atoms with van der Waals surface area (Å²) in [7, 11) is 0. The molecular weight excluding hydrogens is 230 g/mol. The van der Waals surface area contributed by atoms with Gasteiger partial charge in [-0.1, -0.05) is 35.9 Å². The second-order valence-electron chi connectivity index (χ2n) is 4.09. The van der Waals surface area contributed by atoms with Crippen LogP contribution in [0.3, 0.4) is 0 Å². The van der Waals surface area contributed by atoms with Crippen LogP contribution in [0, 0.1) is 0 Å². The number of hydrogen-bond donors (Lipinski definition) is 1. The molecule has 1 aromatic carbocycles. The van der Waals surface area contributed by atoms with Gasteiger partial charge in [-0.2, -0.15) is 0 Å². The molecule has 0 saturated carbocycles. The minimum atomic E-state index is -0.450. The summed E-state index contributed by atoms with van der Waals surface area (Å²) < 4.78 is 5.01. The smallest absolute Gasteiger partial charge is 0.325 e. The van der Waals surface area contributed by atoms with Crippen molar-refractivity contribution in [2.75, 3.05) is 6.54 Å². The maximum atomic E-state index is 11.3. The summed E-state index contributed by atoms with van der Waals surface area (Å²) in [5, 5.41) is 2.46. The van der Waals surface area contributed by atoms with Crippen LogP contribution in [-0.2, 0) is 20.9 Å². The van der Waals surface area contributed by atoms with E-state index in [4.69, 9.17) is 4.74 Å². The van der Waals surface area contributed by atoms with E-state index in [0.29, 0.717) is 0 Å². The predicted molar refractivity (Wildman–Crippen MR) is 68.7 cm³/mol. The van der Waals surface area contributed by atoms with Gasteiger partial charge in [0.1, 0.15) is 13.2 Å². The summed E-state index contributed by atoms with van der Waals surface area (Å²) in [6.07, 6.45) is 1.43. The molecule has 0 aromatic heterocycles. The summed E-state index contributed by atoms with van der Waals surface area (Å²) in [6, 6.07) is 9.38. The molecule has 0 fully saturated rings. The summed E-state index contributed by atoms with van der Waals surface area (Å²) in [4.78, 5) is 22.6. The zero-order valence-corrected chi connectivity index (χ0v) is 10.6. The van der Waals surface area contributed by atoms with Gasteiger partial charge >= 0.3 is 5.97 Å². The summed E-state index contributed by atoms with van der Waals surface area (Å²) >= 11 is 0. The number of nitrogens with one attached hydrogen (secondary N) is 1. The van der Waals surface area contributed by atoms with Crippen LogP contribution < -0.4 is 5.32 Å². The van der Waals surface area contributed by atoms with Crippen molar-refractivity contribution in [2.24, 2.45) is 0 Å². The van der Waals surface area contributed by atoms with Gasteiger partial charge in [-0.25, -0.2) is 0 Å². The highest BCUT2D eigenvalue weighted by Gasteiger charge is 2.04. The predicted octanol–water partition coefficient (Wildman–Crippen LogP) is 1.81. The van der Waals surface area contributed by atoms with E-state index in [1.165, 1.54) is 6.08 Å². The molecule has 0 bridgehead atoms. The van der Waals surface area contributed by atoms with Gasteiger partial charge in [-0.3, -0.25) is 9.59 Å². The third-order valence-corrected chi connectivity index (χ3v) is 2.07. The van der Waals surface area contributed by atoms with Crippen LogP contribution >= 0.6 is 0 Å². The van der Waals surface area contributed by atoms with Crippen LogP contribution in [0.5, 0.6) is 0 Å². The van der Waals surface area contributed by atoms with Crippen LogP contribution in [0.1, 0.15) is 19.4 Å². The molecule has 0 saturated heterocycles. The average molecular weight is 247 g/mol. The van der Waals surface area contributed by atoms with Gasteiger partial charge in [0.25, 0.3) is 0 Å². The Morgan fingerprint density at radius 2 is 1.89 bits per heavy atom. The van der Waals surface area contributed by atoms with Crippen molar-refractivity contribution in [3.63, 3.8) is 0 Å². The summed E-state index contributed by atoms with van der Waals surface area (Å²) in [5.41, 5.74) is 1.80. The van der Waals surface area contributed by atoms with E-state index in [1.54, 1.807) is 0 Å². The van der Waals surface area contributed by atoms with E-state index in [-0.39, 0.29) is 19.1 Å². The molecule has 1 N–H and O–H groups in total. The highest BCUT2D eigenvalue weighted by molar-refractivity contribution is 5.90. The molecule has 0 aliphatic heterocycles. The first-order chi connectivity index (χ1) is 8.58. The van der Waals surface area contributed by atoms with Crippen molar-refractivity contribution in [3.05, 3.63) is 47.5 Å². The van der Waals surface area contributed by atoms with Crippen molar-refractivity contribution in [3.8, 4) is 0 Å². The number of carbonyl (C=O) groups excluding carboxylic acids is 2. The molecule has 0 aliphatic rings. The molecule has 0 aliphatic carbocycles. The number of amides is 1. The van der Waals surface area contributed by atoms with E-state index in [1.807, 2.05) is 44.2 Å². The fraction of sp³-hybridized carbons (Fsp3) is 0.286. The van der Waals surface area contributed by atoms with Crippen LogP contribution in [0.2, 0.25) is 0 Å². The van der Waals surface area contributed by atoms with Crippen LogP contribution in [0.25, 0.3) is 0 Å². The van der Waals surface area contributed by atoms with Gasteiger partial charge in [0.05, 0.1) is 0 Å². The Kier molecular flexibility index (Phi) is 5.64. The van der Waals surface area contributed by atoms with Crippen molar-refractivity contribution >= 4 is 11.9 Å². The Hall–Kier alpha value is -2.10. The minimum Gasteiger partial charge on any atom is -0.460 e. The molecule has 1 aromatic rings. The monoisotopic (exact) mass is 247 g/mol. The highest BCUT2D eigenvalue weighted by atomic mass is 16.5. The maximum absolute atomic E-state index is 11.3. The fourth-order valence-electron chi connectivity index (χ4n) is 1.26. The first-order valence-corrected chi connectivity index (χ1v) is 5.70. The maximum Gasteiger partial charge on any atom is 0.325 e. The highest BCUT2D eigenvalue weighted by Crippen LogP contribution is 2.00. The van der Waals surface area contributed by atoms with Gasteiger partial charge in [0.2, 0.25) is 5.91 Å². The van der Waals surface area contributed by atoms with E-state index in [0.717, 1.165) is 11.1 Å². The van der Waals surface area contributed by atoms with Crippen molar-refractivity contribution < 1.29 is 14.3 Å². The van der Waals surface area contributed by atoms with Crippen LogP contribution in [0.15, 0.2) is 42.0 Å². The standard InChI is InChI=1S/C14H17NO3/c1-11(2)8-13(16)15-9-14(17)18-10-12-6-4-3-5-7-12/h3-8H,9-10H2,1-2H3,(H,15,16). The largest absolute Gasteiger partial charge is 0.460 e. The molecular formula is C14H17NO3.